The van der Waals surface area contributed by atoms with Crippen LogP contribution in [-0.4, -0.2) is 24.1 Å². The molecule has 0 spiro atoms. The maximum atomic E-state index is 4.40. The molecule has 94 valence electrons. The van der Waals surface area contributed by atoms with E-state index < -0.39 is 0 Å². The lowest BCUT2D eigenvalue weighted by molar-refractivity contribution is 0.811. The van der Waals surface area contributed by atoms with Crippen LogP contribution < -0.4 is 10.2 Å². The van der Waals surface area contributed by atoms with Crippen molar-refractivity contribution in [3.05, 3.63) is 54.0 Å². The van der Waals surface area contributed by atoms with Crippen LogP contribution in [0, 0.1) is 0 Å². The molecule has 0 aliphatic heterocycles. The largest absolute Gasteiger partial charge is 0.355 e. The topological polar surface area (TPSA) is 41.1 Å². The van der Waals surface area contributed by atoms with Crippen LogP contribution in [0.4, 0.5) is 5.82 Å². The minimum atomic E-state index is 0.809. The lowest BCUT2D eigenvalue weighted by Gasteiger charge is -2.18. The van der Waals surface area contributed by atoms with E-state index in [1.807, 2.05) is 38.6 Å². The molecule has 0 atom stereocenters. The third kappa shape index (κ3) is 3.28. The molecule has 4 nitrogen and oxygen atoms in total. The lowest BCUT2D eigenvalue weighted by atomic mass is 10.2. The third-order valence-electron chi connectivity index (χ3n) is 2.72. The third-order valence-corrected chi connectivity index (χ3v) is 2.72. The summed E-state index contributed by atoms with van der Waals surface area (Å²) >= 11 is 0. The number of nitrogens with one attached hydrogen (secondary N) is 1. The van der Waals surface area contributed by atoms with Crippen LogP contribution in [0.5, 0.6) is 0 Å². The highest BCUT2D eigenvalue weighted by Gasteiger charge is 2.04. The second kappa shape index (κ2) is 6.12. The predicted octanol–water partition coefficient (Wildman–Crippen LogP) is 1.83. The van der Waals surface area contributed by atoms with Gasteiger partial charge < -0.3 is 10.2 Å². The average molecular weight is 242 g/mol. The maximum absolute atomic E-state index is 4.40. The summed E-state index contributed by atoms with van der Waals surface area (Å²) in [6, 6.07) is 8.15. The molecule has 1 N–H and O–H groups in total. The Balaban J connectivity index is 2.08. The van der Waals surface area contributed by atoms with Crippen molar-refractivity contribution in [3.8, 4) is 0 Å². The van der Waals surface area contributed by atoms with E-state index in [-0.39, 0.29) is 0 Å². The molecule has 2 heterocycles. The molecule has 18 heavy (non-hydrogen) atoms. The number of nitrogens with zero attached hydrogens (tertiary/aromatic N) is 3. The van der Waals surface area contributed by atoms with Crippen molar-refractivity contribution in [3.63, 3.8) is 0 Å². The summed E-state index contributed by atoms with van der Waals surface area (Å²) in [6.07, 6.45) is 5.52. The van der Waals surface area contributed by atoms with Crippen molar-refractivity contribution in [2.45, 2.75) is 13.1 Å². The highest BCUT2D eigenvalue weighted by atomic mass is 15.2. The zero-order valence-corrected chi connectivity index (χ0v) is 10.8. The van der Waals surface area contributed by atoms with Gasteiger partial charge in [0.05, 0.1) is 0 Å². The smallest absolute Gasteiger partial charge is 0.128 e. The fourth-order valence-corrected chi connectivity index (χ4v) is 1.83. The van der Waals surface area contributed by atoms with Gasteiger partial charge >= 0.3 is 0 Å². The molecular weight excluding hydrogens is 224 g/mol. The normalized spacial score (nSPS) is 10.3. The Morgan fingerprint density at radius 2 is 2.11 bits per heavy atom. The molecule has 0 fully saturated rings. The summed E-state index contributed by atoms with van der Waals surface area (Å²) in [4.78, 5) is 10.6. The SMILES string of the molecule is CNCc1ccnc(N(C)Cc2cccnc2)c1. The van der Waals surface area contributed by atoms with Crippen LogP contribution >= 0.6 is 0 Å². The first-order chi connectivity index (χ1) is 8.79. The number of hydrogen-bond donors (Lipinski definition) is 1. The van der Waals surface area contributed by atoms with E-state index in [4.69, 9.17) is 0 Å². The summed E-state index contributed by atoms with van der Waals surface area (Å²) in [5.41, 5.74) is 2.42. The van der Waals surface area contributed by atoms with E-state index in [1.165, 1.54) is 11.1 Å². The Morgan fingerprint density at radius 1 is 1.22 bits per heavy atom. The Hall–Kier alpha value is -1.94. The molecule has 0 saturated heterocycles. The van der Waals surface area contributed by atoms with Gasteiger partial charge in [-0.2, -0.15) is 0 Å². The molecule has 2 aromatic rings. The standard InChI is InChI=1S/C14H18N4/c1-15-9-12-5-7-17-14(8-12)18(2)11-13-4-3-6-16-10-13/h3-8,10,15H,9,11H2,1-2H3. The number of hydrogen-bond acceptors (Lipinski definition) is 4. The van der Waals surface area contributed by atoms with Crippen LogP contribution in [0.3, 0.4) is 0 Å². The van der Waals surface area contributed by atoms with E-state index in [0.717, 1.165) is 18.9 Å². The zero-order chi connectivity index (χ0) is 12.8. The predicted molar refractivity (Wildman–Crippen MR) is 73.3 cm³/mol. The van der Waals surface area contributed by atoms with Crippen LogP contribution in [-0.2, 0) is 13.1 Å². The maximum Gasteiger partial charge on any atom is 0.128 e. The highest BCUT2D eigenvalue weighted by molar-refractivity contribution is 5.40. The van der Waals surface area contributed by atoms with E-state index in [2.05, 4.69) is 32.3 Å². The van der Waals surface area contributed by atoms with Gasteiger partial charge in [0.1, 0.15) is 5.82 Å². The number of anilines is 1. The Morgan fingerprint density at radius 3 is 2.83 bits per heavy atom. The summed E-state index contributed by atoms with van der Waals surface area (Å²) in [7, 11) is 3.98. The van der Waals surface area contributed by atoms with Crippen molar-refractivity contribution in [2.24, 2.45) is 0 Å². The first kappa shape index (κ1) is 12.5. The molecular formula is C14H18N4. The average Bonchev–Trinajstić information content (AvgIpc) is 2.40. The molecule has 0 unspecified atom stereocenters. The van der Waals surface area contributed by atoms with Gasteiger partial charge in [-0.15, -0.1) is 0 Å². The van der Waals surface area contributed by atoms with Crippen molar-refractivity contribution in [2.75, 3.05) is 19.0 Å². The molecule has 0 saturated carbocycles. The molecule has 2 rings (SSSR count). The van der Waals surface area contributed by atoms with Gasteiger partial charge in [-0.05, 0) is 36.4 Å². The fraction of sp³-hybridized carbons (Fsp3) is 0.286. The number of pyridine rings is 2. The molecule has 2 aromatic heterocycles. The summed E-state index contributed by atoms with van der Waals surface area (Å²) in [6.45, 7) is 1.67. The molecule has 0 amide bonds. The van der Waals surface area contributed by atoms with Crippen molar-refractivity contribution in [1.82, 2.24) is 15.3 Å². The summed E-state index contributed by atoms with van der Waals surface area (Å²) in [5.74, 6) is 0.978. The first-order valence-electron chi connectivity index (χ1n) is 5.99. The summed E-state index contributed by atoms with van der Waals surface area (Å²) in [5, 5.41) is 3.14. The van der Waals surface area contributed by atoms with Crippen molar-refractivity contribution >= 4 is 5.82 Å². The van der Waals surface area contributed by atoms with Gasteiger partial charge in [-0.1, -0.05) is 6.07 Å². The lowest BCUT2D eigenvalue weighted by Crippen LogP contribution is -2.18. The second-order valence-corrected chi connectivity index (χ2v) is 4.27. The van der Waals surface area contributed by atoms with Gasteiger partial charge in [0.15, 0.2) is 0 Å². The van der Waals surface area contributed by atoms with E-state index >= 15 is 0 Å². The molecule has 0 aliphatic rings. The van der Waals surface area contributed by atoms with Crippen LogP contribution in [0.15, 0.2) is 42.9 Å². The Kier molecular flexibility index (Phi) is 4.25. The van der Waals surface area contributed by atoms with Crippen LogP contribution in [0.2, 0.25) is 0 Å². The van der Waals surface area contributed by atoms with E-state index in [0.29, 0.717) is 0 Å². The molecule has 0 aliphatic carbocycles. The summed E-state index contributed by atoms with van der Waals surface area (Å²) < 4.78 is 0. The quantitative estimate of drug-likeness (QED) is 0.868. The Bertz CT molecular complexity index is 484. The van der Waals surface area contributed by atoms with Gasteiger partial charge in [0.25, 0.3) is 0 Å². The minimum Gasteiger partial charge on any atom is -0.355 e. The van der Waals surface area contributed by atoms with Gasteiger partial charge in [0.2, 0.25) is 0 Å². The van der Waals surface area contributed by atoms with Crippen molar-refractivity contribution in [1.29, 1.82) is 0 Å². The fourth-order valence-electron chi connectivity index (χ4n) is 1.83. The van der Waals surface area contributed by atoms with E-state index in [9.17, 15) is 0 Å². The van der Waals surface area contributed by atoms with Gasteiger partial charge in [-0.3, -0.25) is 4.98 Å². The molecule has 0 aromatic carbocycles. The van der Waals surface area contributed by atoms with E-state index in [1.54, 1.807) is 6.20 Å². The monoisotopic (exact) mass is 242 g/mol. The van der Waals surface area contributed by atoms with Gasteiger partial charge in [-0.25, -0.2) is 4.98 Å². The first-order valence-corrected chi connectivity index (χ1v) is 5.99. The highest BCUT2D eigenvalue weighted by Crippen LogP contribution is 2.13. The molecule has 0 radical (unpaired) electrons. The number of aromatic nitrogens is 2. The molecule has 0 bridgehead atoms. The Labute approximate surface area is 108 Å². The zero-order valence-electron chi connectivity index (χ0n) is 10.8. The van der Waals surface area contributed by atoms with Crippen LogP contribution in [0.25, 0.3) is 0 Å². The second-order valence-electron chi connectivity index (χ2n) is 4.27. The number of rotatable bonds is 5. The van der Waals surface area contributed by atoms with Gasteiger partial charge in [0, 0.05) is 38.7 Å². The van der Waals surface area contributed by atoms with Crippen molar-refractivity contribution < 1.29 is 0 Å². The minimum absolute atomic E-state index is 0.809. The van der Waals surface area contributed by atoms with Crippen LogP contribution in [0.1, 0.15) is 11.1 Å². The molecule has 4 heteroatoms.